The van der Waals surface area contributed by atoms with Gasteiger partial charge in [0.05, 0.1) is 25.4 Å². The van der Waals surface area contributed by atoms with Gasteiger partial charge in [-0.25, -0.2) is 0 Å². The maximum Gasteiger partial charge on any atom is 0.117 e. The van der Waals surface area contributed by atoms with Gasteiger partial charge in [-0.2, -0.15) is 5.26 Å². The van der Waals surface area contributed by atoms with E-state index in [-0.39, 0.29) is 0 Å². The van der Waals surface area contributed by atoms with Crippen LogP contribution in [0.4, 0.5) is 0 Å². The third-order valence-electron chi connectivity index (χ3n) is 2.72. The molecule has 1 aromatic rings. The Hall–Kier alpha value is -1.31. The van der Waals surface area contributed by atoms with Crippen LogP contribution in [-0.2, 0) is 6.54 Å². The van der Waals surface area contributed by atoms with Gasteiger partial charge in [0.15, 0.2) is 0 Å². The van der Waals surface area contributed by atoms with Gasteiger partial charge < -0.3 is 4.42 Å². The average Bonchev–Trinajstić information content (AvgIpc) is 2.74. The minimum absolute atomic E-state index is 0.550. The molecular weight excluding hydrogens is 190 g/mol. The first-order valence-corrected chi connectivity index (χ1v) is 5.22. The van der Waals surface area contributed by atoms with Crippen molar-refractivity contribution in [2.24, 2.45) is 0 Å². The number of nitriles is 1. The van der Waals surface area contributed by atoms with Crippen molar-refractivity contribution in [2.75, 3.05) is 32.7 Å². The zero-order chi connectivity index (χ0) is 10.5. The Morgan fingerprint density at radius 1 is 1.27 bits per heavy atom. The Balaban J connectivity index is 1.77. The number of rotatable bonds is 3. The van der Waals surface area contributed by atoms with E-state index in [1.807, 2.05) is 12.1 Å². The molecular formula is C11H15N3O. The quantitative estimate of drug-likeness (QED) is 0.688. The highest BCUT2D eigenvalue weighted by Gasteiger charge is 2.16. The van der Waals surface area contributed by atoms with Gasteiger partial charge in [-0.15, -0.1) is 0 Å². The molecule has 2 heterocycles. The molecule has 0 aromatic carbocycles. The van der Waals surface area contributed by atoms with E-state index in [9.17, 15) is 0 Å². The molecule has 0 amide bonds. The van der Waals surface area contributed by atoms with Crippen LogP contribution in [0.5, 0.6) is 0 Å². The minimum Gasteiger partial charge on any atom is -0.468 e. The summed E-state index contributed by atoms with van der Waals surface area (Å²) in [7, 11) is 0. The van der Waals surface area contributed by atoms with Crippen molar-refractivity contribution in [2.45, 2.75) is 6.54 Å². The molecule has 1 fully saturated rings. The van der Waals surface area contributed by atoms with E-state index in [4.69, 9.17) is 9.68 Å². The van der Waals surface area contributed by atoms with Gasteiger partial charge in [0, 0.05) is 26.2 Å². The van der Waals surface area contributed by atoms with E-state index in [0.717, 1.165) is 38.5 Å². The van der Waals surface area contributed by atoms with Crippen LogP contribution in [0, 0.1) is 11.3 Å². The highest BCUT2D eigenvalue weighted by atomic mass is 16.3. The summed E-state index contributed by atoms with van der Waals surface area (Å²) >= 11 is 0. The normalized spacial score (nSPS) is 18.9. The molecule has 0 spiro atoms. The molecule has 0 radical (unpaired) electrons. The fourth-order valence-electron chi connectivity index (χ4n) is 1.83. The molecule has 80 valence electrons. The molecule has 4 heteroatoms. The van der Waals surface area contributed by atoms with Crippen LogP contribution in [0.25, 0.3) is 0 Å². The van der Waals surface area contributed by atoms with Crippen LogP contribution in [0.3, 0.4) is 0 Å². The molecule has 0 N–H and O–H groups in total. The summed E-state index contributed by atoms with van der Waals surface area (Å²) in [5.41, 5.74) is 0. The number of furan rings is 1. The molecule has 0 saturated carbocycles. The van der Waals surface area contributed by atoms with Gasteiger partial charge in [0.2, 0.25) is 0 Å². The summed E-state index contributed by atoms with van der Waals surface area (Å²) in [5, 5.41) is 8.57. The molecule has 0 aliphatic carbocycles. The molecule has 0 bridgehead atoms. The molecule has 4 nitrogen and oxygen atoms in total. The first-order valence-electron chi connectivity index (χ1n) is 5.22. The van der Waals surface area contributed by atoms with Gasteiger partial charge in [-0.1, -0.05) is 0 Å². The largest absolute Gasteiger partial charge is 0.468 e. The van der Waals surface area contributed by atoms with Gasteiger partial charge in [-0.05, 0) is 12.1 Å². The van der Waals surface area contributed by atoms with E-state index < -0.39 is 0 Å². The lowest BCUT2D eigenvalue weighted by Crippen LogP contribution is -2.45. The summed E-state index contributed by atoms with van der Waals surface area (Å²) in [4.78, 5) is 4.53. The molecule has 0 atom stereocenters. The van der Waals surface area contributed by atoms with Gasteiger partial charge in [-0.3, -0.25) is 9.80 Å². The number of hydrogen-bond donors (Lipinski definition) is 0. The van der Waals surface area contributed by atoms with E-state index in [1.54, 1.807) is 6.26 Å². The first kappa shape index (κ1) is 10.2. The van der Waals surface area contributed by atoms with E-state index in [1.165, 1.54) is 0 Å². The fourth-order valence-corrected chi connectivity index (χ4v) is 1.83. The summed E-state index contributed by atoms with van der Waals surface area (Å²) < 4.78 is 5.30. The maximum atomic E-state index is 8.57. The average molecular weight is 205 g/mol. The van der Waals surface area contributed by atoms with Crippen molar-refractivity contribution in [1.82, 2.24) is 9.80 Å². The Morgan fingerprint density at radius 3 is 2.60 bits per heavy atom. The lowest BCUT2D eigenvalue weighted by Gasteiger charge is -2.32. The standard InChI is InChI=1S/C11H15N3O/c12-3-4-13-5-7-14(8-6-13)10-11-2-1-9-15-11/h1-2,9H,4-8,10H2. The molecule has 1 aliphatic heterocycles. The molecule has 1 aromatic heterocycles. The van der Waals surface area contributed by atoms with Crippen molar-refractivity contribution in [3.8, 4) is 6.07 Å². The van der Waals surface area contributed by atoms with Crippen LogP contribution in [0.15, 0.2) is 22.8 Å². The highest BCUT2D eigenvalue weighted by molar-refractivity contribution is 4.98. The molecule has 2 rings (SSSR count). The Bertz CT molecular complexity index is 320. The minimum atomic E-state index is 0.550. The second-order valence-electron chi connectivity index (χ2n) is 3.79. The van der Waals surface area contributed by atoms with Crippen LogP contribution in [0.1, 0.15) is 5.76 Å². The third kappa shape index (κ3) is 2.82. The molecule has 1 saturated heterocycles. The summed E-state index contributed by atoms with van der Waals surface area (Å²) in [5.74, 6) is 1.02. The predicted octanol–water partition coefficient (Wildman–Crippen LogP) is 0.921. The van der Waals surface area contributed by atoms with Crippen LogP contribution < -0.4 is 0 Å². The first-order chi connectivity index (χ1) is 7.38. The van der Waals surface area contributed by atoms with Crippen molar-refractivity contribution >= 4 is 0 Å². The Morgan fingerprint density at radius 2 is 2.00 bits per heavy atom. The summed E-state index contributed by atoms with van der Waals surface area (Å²) in [6.07, 6.45) is 1.71. The van der Waals surface area contributed by atoms with E-state index in [2.05, 4.69) is 15.9 Å². The number of nitrogens with zero attached hydrogens (tertiary/aromatic N) is 3. The van der Waals surface area contributed by atoms with Crippen LogP contribution >= 0.6 is 0 Å². The zero-order valence-electron chi connectivity index (χ0n) is 8.72. The summed E-state index contributed by atoms with van der Waals surface area (Å²) in [6, 6.07) is 6.11. The van der Waals surface area contributed by atoms with Crippen molar-refractivity contribution < 1.29 is 4.42 Å². The summed E-state index contributed by atoms with van der Waals surface area (Å²) in [6.45, 7) is 5.43. The number of piperazine rings is 1. The second kappa shape index (κ2) is 4.96. The zero-order valence-corrected chi connectivity index (χ0v) is 8.72. The fraction of sp³-hybridized carbons (Fsp3) is 0.545. The lowest BCUT2D eigenvalue weighted by atomic mass is 10.3. The van der Waals surface area contributed by atoms with E-state index in [0.29, 0.717) is 6.54 Å². The van der Waals surface area contributed by atoms with Crippen molar-refractivity contribution in [3.05, 3.63) is 24.2 Å². The molecule has 15 heavy (non-hydrogen) atoms. The monoisotopic (exact) mass is 205 g/mol. The van der Waals surface area contributed by atoms with Crippen molar-refractivity contribution in [1.29, 1.82) is 5.26 Å². The third-order valence-corrected chi connectivity index (χ3v) is 2.72. The number of hydrogen-bond acceptors (Lipinski definition) is 4. The Labute approximate surface area is 89.7 Å². The van der Waals surface area contributed by atoms with Gasteiger partial charge in [0.1, 0.15) is 5.76 Å². The Kier molecular flexibility index (Phi) is 3.38. The highest BCUT2D eigenvalue weighted by Crippen LogP contribution is 2.08. The predicted molar refractivity (Wildman–Crippen MR) is 56.0 cm³/mol. The van der Waals surface area contributed by atoms with Crippen LogP contribution in [0.2, 0.25) is 0 Å². The van der Waals surface area contributed by atoms with Crippen molar-refractivity contribution in [3.63, 3.8) is 0 Å². The topological polar surface area (TPSA) is 43.4 Å². The molecule has 0 unspecified atom stereocenters. The lowest BCUT2D eigenvalue weighted by molar-refractivity contribution is 0.131. The SMILES string of the molecule is N#CCN1CCN(Cc2ccco2)CC1. The smallest absolute Gasteiger partial charge is 0.117 e. The van der Waals surface area contributed by atoms with Gasteiger partial charge >= 0.3 is 0 Å². The molecule has 1 aliphatic rings. The van der Waals surface area contributed by atoms with Gasteiger partial charge in [0.25, 0.3) is 0 Å². The second-order valence-corrected chi connectivity index (χ2v) is 3.79. The maximum absolute atomic E-state index is 8.57. The van der Waals surface area contributed by atoms with Crippen LogP contribution in [-0.4, -0.2) is 42.5 Å². The van der Waals surface area contributed by atoms with E-state index >= 15 is 0 Å².